The number of nitrogens with one attached hydrogen (secondary N) is 1. The van der Waals surface area contributed by atoms with E-state index in [-0.39, 0.29) is 11.9 Å². The molecule has 6 heteroatoms. The van der Waals surface area contributed by atoms with E-state index < -0.39 is 0 Å². The van der Waals surface area contributed by atoms with E-state index in [0.717, 1.165) is 68.2 Å². The molecule has 2 aliphatic heterocycles. The Morgan fingerprint density at radius 2 is 1.82 bits per heavy atom. The van der Waals surface area contributed by atoms with Crippen LogP contribution in [0.25, 0.3) is 0 Å². The van der Waals surface area contributed by atoms with E-state index >= 15 is 0 Å². The molecule has 1 saturated heterocycles. The monoisotopic (exact) mass is 441 g/mol. The standard InChI is InChI=1S/C27H31N5O/c1-20-11-12-22-24(19-20)29-26(23-9-2-3-10-25(23)33)30-27(22)32-17-15-31(16-18-32)14-6-8-21-7-4-5-13-28-21/h2-5,7,9-13,19,26,29,33H,6,8,14-18H2,1H3. The van der Waals surface area contributed by atoms with Crippen molar-refractivity contribution in [1.29, 1.82) is 0 Å². The van der Waals surface area contributed by atoms with Crippen molar-refractivity contribution in [3.63, 3.8) is 0 Å². The molecule has 0 amide bonds. The van der Waals surface area contributed by atoms with Crippen LogP contribution >= 0.6 is 0 Å². The molecule has 0 saturated carbocycles. The third-order valence-corrected chi connectivity index (χ3v) is 6.50. The Balaban J connectivity index is 1.28. The molecule has 1 fully saturated rings. The molecule has 1 unspecified atom stereocenters. The number of nitrogens with zero attached hydrogens (tertiary/aromatic N) is 4. The number of rotatable bonds is 5. The molecule has 2 aromatic carbocycles. The minimum absolute atomic E-state index is 0.270. The maximum Gasteiger partial charge on any atom is 0.150 e. The van der Waals surface area contributed by atoms with Crippen LogP contribution in [-0.4, -0.2) is 58.4 Å². The molecule has 1 atom stereocenters. The van der Waals surface area contributed by atoms with Gasteiger partial charge in [-0.3, -0.25) is 9.88 Å². The Morgan fingerprint density at radius 1 is 1.00 bits per heavy atom. The van der Waals surface area contributed by atoms with Crippen molar-refractivity contribution in [1.82, 2.24) is 14.8 Å². The third-order valence-electron chi connectivity index (χ3n) is 6.50. The lowest BCUT2D eigenvalue weighted by molar-refractivity contribution is 0.180. The number of aromatic nitrogens is 1. The predicted octanol–water partition coefficient (Wildman–Crippen LogP) is 4.22. The molecule has 0 spiro atoms. The highest BCUT2D eigenvalue weighted by Crippen LogP contribution is 2.35. The summed E-state index contributed by atoms with van der Waals surface area (Å²) in [4.78, 5) is 14.5. The van der Waals surface area contributed by atoms with Gasteiger partial charge in [0.05, 0.1) is 0 Å². The van der Waals surface area contributed by atoms with Gasteiger partial charge < -0.3 is 15.3 Å². The van der Waals surface area contributed by atoms with E-state index in [0.29, 0.717) is 0 Å². The second-order valence-electron chi connectivity index (χ2n) is 8.86. The van der Waals surface area contributed by atoms with Gasteiger partial charge in [0.15, 0.2) is 6.17 Å². The SMILES string of the molecule is Cc1ccc2c(c1)NC(c1ccccc1O)N=C2N1CCN(CCCc2ccccn2)CC1. The van der Waals surface area contributed by atoms with Crippen LogP contribution < -0.4 is 5.32 Å². The minimum atomic E-state index is -0.299. The summed E-state index contributed by atoms with van der Waals surface area (Å²) in [5, 5.41) is 14.0. The molecule has 0 aliphatic carbocycles. The van der Waals surface area contributed by atoms with Crippen molar-refractivity contribution in [2.45, 2.75) is 25.9 Å². The Kier molecular flexibility index (Phi) is 6.26. The Labute approximate surface area is 195 Å². The number of phenolic OH excluding ortho intramolecular Hbond substituents is 1. The molecule has 1 aromatic heterocycles. The number of aryl methyl sites for hydroxylation is 2. The number of aliphatic imine (C=N–C) groups is 1. The predicted molar refractivity (Wildman–Crippen MR) is 133 cm³/mol. The van der Waals surface area contributed by atoms with E-state index in [9.17, 15) is 5.11 Å². The van der Waals surface area contributed by atoms with Crippen molar-refractivity contribution in [3.8, 4) is 5.75 Å². The highest BCUT2D eigenvalue weighted by molar-refractivity contribution is 6.05. The molecular formula is C27H31N5O. The Bertz CT molecular complexity index is 1120. The van der Waals surface area contributed by atoms with Crippen LogP contribution in [0.1, 0.15) is 35.0 Å². The van der Waals surface area contributed by atoms with Gasteiger partial charge in [0.2, 0.25) is 0 Å². The van der Waals surface area contributed by atoms with Gasteiger partial charge in [0, 0.05) is 54.9 Å². The maximum atomic E-state index is 10.4. The van der Waals surface area contributed by atoms with Crippen LogP contribution in [-0.2, 0) is 6.42 Å². The summed E-state index contributed by atoms with van der Waals surface area (Å²) in [5.74, 6) is 1.29. The van der Waals surface area contributed by atoms with Gasteiger partial charge in [-0.15, -0.1) is 0 Å². The topological polar surface area (TPSA) is 64.0 Å². The summed E-state index contributed by atoms with van der Waals surface area (Å²) < 4.78 is 0. The number of anilines is 1. The van der Waals surface area contributed by atoms with E-state index in [1.807, 2.05) is 30.5 Å². The fourth-order valence-electron chi connectivity index (χ4n) is 4.68. The quantitative estimate of drug-likeness (QED) is 0.621. The first-order valence-corrected chi connectivity index (χ1v) is 11.8. The molecule has 2 aliphatic rings. The third kappa shape index (κ3) is 4.86. The first kappa shape index (κ1) is 21.5. The largest absolute Gasteiger partial charge is 0.508 e. The number of para-hydroxylation sites is 1. The fourth-order valence-corrected chi connectivity index (χ4v) is 4.68. The van der Waals surface area contributed by atoms with E-state index in [1.165, 1.54) is 11.3 Å². The molecule has 5 rings (SSSR count). The lowest BCUT2D eigenvalue weighted by atomic mass is 10.0. The normalized spacial score (nSPS) is 18.4. The average molecular weight is 442 g/mol. The van der Waals surface area contributed by atoms with Gasteiger partial charge in [-0.25, -0.2) is 4.99 Å². The summed E-state index contributed by atoms with van der Waals surface area (Å²) in [6.45, 7) is 7.14. The molecule has 6 nitrogen and oxygen atoms in total. The van der Waals surface area contributed by atoms with Crippen LogP contribution in [0.3, 0.4) is 0 Å². The lowest BCUT2D eigenvalue weighted by Crippen LogP contribution is -2.50. The minimum Gasteiger partial charge on any atom is -0.508 e. The second kappa shape index (κ2) is 9.63. The van der Waals surface area contributed by atoms with Crippen molar-refractivity contribution >= 4 is 11.5 Å². The van der Waals surface area contributed by atoms with Crippen LogP contribution in [0.5, 0.6) is 5.75 Å². The fraction of sp³-hybridized carbons (Fsp3) is 0.333. The van der Waals surface area contributed by atoms with E-state index in [4.69, 9.17) is 4.99 Å². The molecular weight excluding hydrogens is 410 g/mol. The number of amidine groups is 1. The zero-order valence-corrected chi connectivity index (χ0v) is 19.1. The van der Waals surface area contributed by atoms with E-state index in [2.05, 4.69) is 57.4 Å². The van der Waals surface area contributed by atoms with Crippen molar-refractivity contribution in [2.75, 3.05) is 38.0 Å². The Morgan fingerprint density at radius 3 is 2.61 bits per heavy atom. The molecule has 170 valence electrons. The number of fused-ring (bicyclic) bond motifs is 1. The number of pyridine rings is 1. The van der Waals surface area contributed by atoms with Crippen molar-refractivity contribution in [2.24, 2.45) is 4.99 Å². The highest BCUT2D eigenvalue weighted by Gasteiger charge is 2.28. The van der Waals surface area contributed by atoms with Crippen molar-refractivity contribution in [3.05, 3.63) is 89.2 Å². The number of phenols is 1. The van der Waals surface area contributed by atoms with Gasteiger partial charge in [-0.2, -0.15) is 0 Å². The number of benzene rings is 2. The number of hydrogen-bond acceptors (Lipinski definition) is 6. The number of hydrogen-bond donors (Lipinski definition) is 2. The van der Waals surface area contributed by atoms with Gasteiger partial charge in [0.1, 0.15) is 11.6 Å². The first-order chi connectivity index (χ1) is 16.2. The van der Waals surface area contributed by atoms with Gasteiger partial charge >= 0.3 is 0 Å². The number of piperazine rings is 1. The first-order valence-electron chi connectivity index (χ1n) is 11.8. The van der Waals surface area contributed by atoms with Crippen LogP contribution in [0.15, 0.2) is 71.9 Å². The second-order valence-corrected chi connectivity index (χ2v) is 8.86. The van der Waals surface area contributed by atoms with Gasteiger partial charge in [-0.05, 0) is 62.2 Å². The summed E-state index contributed by atoms with van der Waals surface area (Å²) in [5.41, 5.74) is 5.38. The summed E-state index contributed by atoms with van der Waals surface area (Å²) >= 11 is 0. The van der Waals surface area contributed by atoms with Gasteiger partial charge in [0.25, 0.3) is 0 Å². The molecule has 2 N–H and O–H groups in total. The van der Waals surface area contributed by atoms with E-state index in [1.54, 1.807) is 6.07 Å². The molecule has 33 heavy (non-hydrogen) atoms. The summed E-state index contributed by atoms with van der Waals surface area (Å²) in [7, 11) is 0. The maximum absolute atomic E-state index is 10.4. The highest BCUT2D eigenvalue weighted by atomic mass is 16.3. The Hall–Kier alpha value is -3.38. The number of aromatic hydroxyl groups is 1. The van der Waals surface area contributed by atoms with Crippen LogP contribution in [0, 0.1) is 6.92 Å². The van der Waals surface area contributed by atoms with Crippen LogP contribution in [0.4, 0.5) is 5.69 Å². The zero-order valence-electron chi connectivity index (χ0n) is 19.1. The molecule has 0 bridgehead atoms. The smallest absolute Gasteiger partial charge is 0.150 e. The van der Waals surface area contributed by atoms with Gasteiger partial charge in [-0.1, -0.05) is 30.3 Å². The summed E-state index contributed by atoms with van der Waals surface area (Å²) in [6, 6.07) is 20.1. The molecule has 3 heterocycles. The average Bonchev–Trinajstić information content (AvgIpc) is 2.84. The summed E-state index contributed by atoms with van der Waals surface area (Å²) in [6.07, 6.45) is 3.72. The molecule has 0 radical (unpaired) electrons. The zero-order chi connectivity index (χ0) is 22.6. The molecule has 3 aromatic rings. The van der Waals surface area contributed by atoms with Crippen LogP contribution in [0.2, 0.25) is 0 Å². The van der Waals surface area contributed by atoms with Crippen molar-refractivity contribution < 1.29 is 5.11 Å². The lowest BCUT2D eigenvalue weighted by Gasteiger charge is -2.39.